The summed E-state index contributed by atoms with van der Waals surface area (Å²) in [5.41, 5.74) is 4.18. The Morgan fingerprint density at radius 3 is 2.67 bits per heavy atom. The first-order valence-electron chi connectivity index (χ1n) is 6.83. The Morgan fingerprint density at radius 1 is 1.38 bits per heavy atom. The average molecular weight is 370 g/mol. The van der Waals surface area contributed by atoms with Crippen LogP contribution >= 0.6 is 27.5 Å². The highest BCUT2D eigenvalue weighted by atomic mass is 79.9. The summed E-state index contributed by atoms with van der Waals surface area (Å²) < 4.78 is 2.78. The fourth-order valence-corrected chi connectivity index (χ4v) is 3.15. The summed E-state index contributed by atoms with van der Waals surface area (Å²) in [7, 11) is 1.93. The van der Waals surface area contributed by atoms with Crippen molar-refractivity contribution in [2.24, 2.45) is 7.05 Å². The molecule has 0 aliphatic heterocycles. The summed E-state index contributed by atoms with van der Waals surface area (Å²) >= 11 is 9.51. The number of benzene rings is 1. The van der Waals surface area contributed by atoms with Crippen molar-refractivity contribution >= 4 is 33.3 Å². The Bertz CT molecular complexity index is 679. The van der Waals surface area contributed by atoms with Gasteiger partial charge in [-0.2, -0.15) is 5.10 Å². The summed E-state index contributed by atoms with van der Waals surface area (Å²) in [5, 5.41) is 5.01. The Balaban J connectivity index is 1.99. The zero-order valence-electron chi connectivity index (χ0n) is 12.4. The van der Waals surface area contributed by atoms with Crippen LogP contribution in [-0.2, 0) is 24.7 Å². The number of ketones is 1. The van der Waals surface area contributed by atoms with Crippen LogP contribution in [0.15, 0.2) is 22.7 Å². The molecule has 0 N–H and O–H groups in total. The molecule has 0 saturated carbocycles. The second-order valence-corrected chi connectivity index (χ2v) is 6.55. The van der Waals surface area contributed by atoms with Crippen molar-refractivity contribution in [3.8, 4) is 0 Å². The van der Waals surface area contributed by atoms with Crippen molar-refractivity contribution in [3.63, 3.8) is 0 Å². The molecule has 0 saturated heterocycles. The lowest BCUT2D eigenvalue weighted by molar-refractivity contribution is -0.118. The highest BCUT2D eigenvalue weighted by Gasteiger charge is 2.12. The third kappa shape index (κ3) is 3.95. The average Bonchev–Trinajstić information content (AvgIpc) is 2.65. The Labute approximate surface area is 138 Å². The number of carbonyl (C=O) groups is 1. The summed E-state index contributed by atoms with van der Waals surface area (Å²) in [6.07, 6.45) is 1.63. The molecule has 3 nitrogen and oxygen atoms in total. The van der Waals surface area contributed by atoms with Gasteiger partial charge in [0.05, 0.1) is 5.69 Å². The zero-order valence-corrected chi connectivity index (χ0v) is 14.8. The number of aryl methyl sites for hydroxylation is 2. The van der Waals surface area contributed by atoms with Crippen LogP contribution in [0.25, 0.3) is 0 Å². The van der Waals surface area contributed by atoms with Crippen LogP contribution in [-0.4, -0.2) is 15.6 Å². The molecule has 1 heterocycles. The Kier molecular flexibility index (Phi) is 5.22. The van der Waals surface area contributed by atoms with Crippen LogP contribution in [0, 0.1) is 13.8 Å². The van der Waals surface area contributed by atoms with Crippen LogP contribution < -0.4 is 0 Å². The fourth-order valence-electron chi connectivity index (χ4n) is 2.41. The molecule has 2 rings (SSSR count). The molecule has 2 aromatic rings. The normalized spacial score (nSPS) is 10.9. The Morgan fingerprint density at radius 2 is 2.10 bits per heavy atom. The zero-order chi connectivity index (χ0) is 15.6. The smallest absolute Gasteiger partial charge is 0.137 e. The molecular formula is C16H18BrClN2O. The van der Waals surface area contributed by atoms with E-state index in [1.807, 2.05) is 43.8 Å². The van der Waals surface area contributed by atoms with E-state index in [1.54, 1.807) is 0 Å². The van der Waals surface area contributed by atoms with Gasteiger partial charge in [0.1, 0.15) is 5.78 Å². The van der Waals surface area contributed by atoms with Crippen LogP contribution in [0.1, 0.15) is 28.9 Å². The maximum atomic E-state index is 12.2. The first-order valence-corrected chi connectivity index (χ1v) is 8.00. The predicted octanol–water partition coefficient (Wildman–Crippen LogP) is 4.20. The number of hydrogen-bond donors (Lipinski definition) is 0. The van der Waals surface area contributed by atoms with Gasteiger partial charge >= 0.3 is 0 Å². The van der Waals surface area contributed by atoms with Gasteiger partial charge in [-0.05, 0) is 43.5 Å². The Hall–Kier alpha value is -1.13. The van der Waals surface area contributed by atoms with E-state index in [1.165, 1.54) is 5.56 Å². The third-order valence-electron chi connectivity index (χ3n) is 3.72. The number of aromatic nitrogens is 2. The maximum absolute atomic E-state index is 12.2. The maximum Gasteiger partial charge on any atom is 0.137 e. The highest BCUT2D eigenvalue weighted by Crippen LogP contribution is 2.22. The van der Waals surface area contributed by atoms with E-state index in [4.69, 9.17) is 11.6 Å². The lowest BCUT2D eigenvalue weighted by Gasteiger charge is -2.05. The number of nitrogens with zero attached hydrogens (tertiary/aromatic N) is 2. The minimum atomic E-state index is 0.196. The molecule has 0 unspecified atom stereocenters. The summed E-state index contributed by atoms with van der Waals surface area (Å²) in [4.78, 5) is 12.2. The largest absolute Gasteiger partial charge is 0.299 e. The van der Waals surface area contributed by atoms with Gasteiger partial charge in [-0.1, -0.05) is 33.6 Å². The summed E-state index contributed by atoms with van der Waals surface area (Å²) in [6, 6.07) is 5.62. The lowest BCUT2D eigenvalue weighted by Crippen LogP contribution is -2.06. The molecule has 5 heteroatoms. The van der Waals surface area contributed by atoms with Gasteiger partial charge in [-0.25, -0.2) is 0 Å². The van der Waals surface area contributed by atoms with Crippen molar-refractivity contribution in [1.82, 2.24) is 9.78 Å². The molecule has 0 amide bonds. The number of carbonyl (C=O) groups excluding carboxylic acids is 1. The fraction of sp³-hybridized carbons (Fsp3) is 0.375. The molecule has 1 aromatic heterocycles. The number of Topliss-reactive ketones (excluding diaryl/α,β-unsaturated/α-hetero) is 1. The van der Waals surface area contributed by atoms with Gasteiger partial charge in [-0.15, -0.1) is 0 Å². The predicted molar refractivity (Wildman–Crippen MR) is 88.9 cm³/mol. The molecule has 0 spiro atoms. The van der Waals surface area contributed by atoms with Gasteiger partial charge in [0.25, 0.3) is 0 Å². The van der Waals surface area contributed by atoms with Gasteiger partial charge < -0.3 is 0 Å². The minimum absolute atomic E-state index is 0.196. The van der Waals surface area contributed by atoms with E-state index >= 15 is 0 Å². The van der Waals surface area contributed by atoms with E-state index in [0.717, 1.165) is 27.8 Å². The van der Waals surface area contributed by atoms with Crippen molar-refractivity contribution in [2.45, 2.75) is 33.1 Å². The highest BCUT2D eigenvalue weighted by molar-refractivity contribution is 9.10. The first-order chi connectivity index (χ1) is 9.88. The van der Waals surface area contributed by atoms with E-state index < -0.39 is 0 Å². The molecule has 0 fully saturated rings. The molecular weight excluding hydrogens is 352 g/mol. The first kappa shape index (κ1) is 16.2. The molecule has 112 valence electrons. The quantitative estimate of drug-likeness (QED) is 0.792. The van der Waals surface area contributed by atoms with Gasteiger partial charge in [-0.3, -0.25) is 9.48 Å². The van der Waals surface area contributed by atoms with E-state index in [2.05, 4.69) is 21.0 Å². The molecule has 1 aromatic carbocycles. The van der Waals surface area contributed by atoms with E-state index in [9.17, 15) is 4.79 Å². The molecule has 0 radical (unpaired) electrons. The van der Waals surface area contributed by atoms with Crippen molar-refractivity contribution in [1.29, 1.82) is 0 Å². The third-order valence-corrected chi connectivity index (χ3v) is 4.56. The van der Waals surface area contributed by atoms with Gasteiger partial charge in [0.15, 0.2) is 0 Å². The monoisotopic (exact) mass is 368 g/mol. The number of halogens is 2. The molecule has 0 aliphatic carbocycles. The lowest BCUT2D eigenvalue weighted by atomic mass is 10.0. The van der Waals surface area contributed by atoms with Crippen molar-refractivity contribution < 1.29 is 4.79 Å². The molecule has 21 heavy (non-hydrogen) atoms. The summed E-state index contributed by atoms with van der Waals surface area (Å²) in [6.45, 7) is 4.02. The summed E-state index contributed by atoms with van der Waals surface area (Å²) in [5.74, 6) is 0.196. The number of hydrogen-bond acceptors (Lipinski definition) is 2. The second kappa shape index (κ2) is 6.75. The SMILES string of the molecule is Cc1nn(C)c(C)c1CCC(=O)Cc1ccc(Br)cc1Cl. The minimum Gasteiger partial charge on any atom is -0.299 e. The van der Waals surface area contributed by atoms with Crippen LogP contribution in [0.4, 0.5) is 0 Å². The molecule has 0 bridgehead atoms. The van der Waals surface area contributed by atoms with Gasteiger partial charge in [0, 0.05) is 35.1 Å². The van der Waals surface area contributed by atoms with Crippen LogP contribution in [0.2, 0.25) is 5.02 Å². The standard InChI is InChI=1S/C16H18BrClN2O/c1-10-15(11(2)20(3)19-10)7-6-14(21)8-12-4-5-13(17)9-16(12)18/h4-5,9H,6-8H2,1-3H3. The van der Waals surface area contributed by atoms with E-state index in [-0.39, 0.29) is 5.78 Å². The van der Waals surface area contributed by atoms with Crippen molar-refractivity contribution in [3.05, 3.63) is 50.2 Å². The topological polar surface area (TPSA) is 34.9 Å². The second-order valence-electron chi connectivity index (χ2n) is 5.22. The van der Waals surface area contributed by atoms with Crippen LogP contribution in [0.5, 0.6) is 0 Å². The number of rotatable bonds is 5. The van der Waals surface area contributed by atoms with Crippen molar-refractivity contribution in [2.75, 3.05) is 0 Å². The van der Waals surface area contributed by atoms with Gasteiger partial charge in [0.2, 0.25) is 0 Å². The van der Waals surface area contributed by atoms with E-state index in [0.29, 0.717) is 17.9 Å². The molecule has 0 atom stereocenters. The van der Waals surface area contributed by atoms with Crippen LogP contribution in [0.3, 0.4) is 0 Å². The molecule has 0 aliphatic rings.